The summed E-state index contributed by atoms with van der Waals surface area (Å²) in [7, 11) is 6.36. The Kier molecular flexibility index (Phi) is 13.0. The van der Waals surface area contributed by atoms with Crippen LogP contribution < -0.4 is 0 Å². The zero-order chi connectivity index (χ0) is 22.7. The minimum atomic E-state index is -0.981. The quantitative estimate of drug-likeness (QED) is 0.221. The van der Waals surface area contributed by atoms with E-state index in [1.165, 1.54) is 7.11 Å². The lowest BCUT2D eigenvalue weighted by molar-refractivity contribution is -0.164. The highest BCUT2D eigenvalue weighted by atomic mass is 16.6. The molecule has 1 heterocycles. The summed E-state index contributed by atoms with van der Waals surface area (Å²) < 4.78 is 26.9. The first kappa shape index (κ1) is 27.2. The van der Waals surface area contributed by atoms with Gasteiger partial charge in [0.1, 0.15) is 12.2 Å². The molecular weight excluding hydrogens is 388 g/mol. The van der Waals surface area contributed by atoms with Gasteiger partial charge in [-0.3, -0.25) is 0 Å². The molecule has 8 unspecified atom stereocenters. The van der Waals surface area contributed by atoms with Crippen molar-refractivity contribution in [1.29, 1.82) is 0 Å². The van der Waals surface area contributed by atoms with Gasteiger partial charge in [-0.25, -0.2) is 0 Å². The van der Waals surface area contributed by atoms with Gasteiger partial charge in [-0.1, -0.05) is 37.6 Å². The Labute approximate surface area is 182 Å². The number of aliphatic hydroxyl groups is 2. The number of epoxide rings is 1. The van der Waals surface area contributed by atoms with E-state index < -0.39 is 18.5 Å². The van der Waals surface area contributed by atoms with Crippen molar-refractivity contribution in [3.8, 4) is 0 Å². The molecule has 1 aliphatic rings. The second-order valence-electron chi connectivity index (χ2n) is 8.05. The summed E-state index contributed by atoms with van der Waals surface area (Å²) in [6, 6.07) is 0. The first-order chi connectivity index (χ1) is 14.3. The van der Waals surface area contributed by atoms with E-state index in [0.29, 0.717) is 19.3 Å². The third kappa shape index (κ3) is 8.75. The van der Waals surface area contributed by atoms with Gasteiger partial charge in [-0.2, -0.15) is 0 Å². The van der Waals surface area contributed by atoms with Gasteiger partial charge in [0.2, 0.25) is 0 Å². The first-order valence-electron chi connectivity index (χ1n) is 10.8. The molecule has 1 fully saturated rings. The molecule has 8 atom stereocenters. The number of rotatable bonds is 16. The number of allylic oxidation sites excluding steroid dienone is 2. The molecule has 0 radical (unpaired) electrons. The lowest BCUT2D eigenvalue weighted by atomic mass is 9.94. The van der Waals surface area contributed by atoms with E-state index in [-0.39, 0.29) is 30.3 Å². The number of aliphatic hydroxyl groups excluding tert-OH is 2. The van der Waals surface area contributed by atoms with E-state index in [4.69, 9.17) is 23.7 Å². The highest BCUT2D eigenvalue weighted by Crippen LogP contribution is 2.36. The summed E-state index contributed by atoms with van der Waals surface area (Å²) in [6.45, 7) is 6.24. The molecule has 30 heavy (non-hydrogen) atoms. The van der Waals surface area contributed by atoms with Crippen LogP contribution in [0, 0.1) is 5.92 Å². The molecule has 0 aromatic rings. The fraction of sp³-hybridized carbons (Fsp3) is 0.826. The van der Waals surface area contributed by atoms with E-state index in [0.717, 1.165) is 12.0 Å². The summed E-state index contributed by atoms with van der Waals surface area (Å²) >= 11 is 0. The molecule has 0 saturated carbocycles. The van der Waals surface area contributed by atoms with Gasteiger partial charge in [-0.05, 0) is 26.2 Å². The molecule has 1 rings (SSSR count). The van der Waals surface area contributed by atoms with Crippen LogP contribution in [0.25, 0.3) is 0 Å². The van der Waals surface area contributed by atoms with Crippen LogP contribution in [0.3, 0.4) is 0 Å². The molecule has 1 aliphatic heterocycles. The highest BCUT2D eigenvalue weighted by molar-refractivity contribution is 5.12. The van der Waals surface area contributed by atoms with Crippen LogP contribution in [0.5, 0.6) is 0 Å². The zero-order valence-corrected chi connectivity index (χ0v) is 19.6. The molecule has 0 bridgehead atoms. The second-order valence-corrected chi connectivity index (χ2v) is 8.05. The van der Waals surface area contributed by atoms with Crippen molar-refractivity contribution in [2.75, 3.05) is 28.4 Å². The molecule has 0 amide bonds. The van der Waals surface area contributed by atoms with Gasteiger partial charge in [-0.15, -0.1) is 0 Å². The van der Waals surface area contributed by atoms with Crippen LogP contribution >= 0.6 is 0 Å². The Morgan fingerprint density at radius 2 is 1.67 bits per heavy atom. The second kappa shape index (κ2) is 14.3. The van der Waals surface area contributed by atoms with E-state index in [2.05, 4.69) is 13.8 Å². The third-order valence-electron chi connectivity index (χ3n) is 5.89. The SMILES string of the molecule is CCC(OC)C(C)C1OC1C(O)C/C=C/C=C(\C)CC(CC(OC)C(O)OC)OC. The number of ether oxygens (including phenoxy) is 5. The molecule has 7 nitrogen and oxygen atoms in total. The average molecular weight is 431 g/mol. The van der Waals surface area contributed by atoms with Crippen molar-refractivity contribution in [2.45, 2.75) is 89.4 Å². The van der Waals surface area contributed by atoms with Crippen LogP contribution in [-0.2, 0) is 23.7 Å². The standard InChI is InChI=1S/C23H42O7/c1-8-19(27-5)16(3)21-22(30-21)18(24)12-10-9-11-15(2)13-17(26-4)14-20(28-6)23(25)29-7/h9-11,16-25H,8,12-14H2,1-7H3/b10-9+,15-11+. The Morgan fingerprint density at radius 3 is 2.20 bits per heavy atom. The first-order valence-corrected chi connectivity index (χ1v) is 10.8. The lowest BCUT2D eigenvalue weighted by Crippen LogP contribution is -2.33. The summed E-state index contributed by atoms with van der Waals surface area (Å²) in [5, 5.41) is 20.2. The van der Waals surface area contributed by atoms with E-state index in [1.54, 1.807) is 21.3 Å². The maximum Gasteiger partial charge on any atom is 0.180 e. The highest BCUT2D eigenvalue weighted by Gasteiger charge is 2.48. The predicted molar refractivity (Wildman–Crippen MR) is 116 cm³/mol. The minimum Gasteiger partial charge on any atom is -0.390 e. The number of hydrogen-bond donors (Lipinski definition) is 2. The predicted octanol–water partition coefficient (Wildman–Crippen LogP) is 2.84. The number of hydrogen-bond acceptors (Lipinski definition) is 7. The largest absolute Gasteiger partial charge is 0.390 e. The maximum atomic E-state index is 10.4. The Bertz CT molecular complexity index is 518. The smallest absolute Gasteiger partial charge is 0.180 e. The third-order valence-corrected chi connectivity index (χ3v) is 5.89. The average Bonchev–Trinajstić information content (AvgIpc) is 3.55. The zero-order valence-electron chi connectivity index (χ0n) is 19.6. The van der Waals surface area contributed by atoms with Gasteiger partial charge in [0.25, 0.3) is 0 Å². The number of methoxy groups -OCH3 is 4. The van der Waals surface area contributed by atoms with Crippen molar-refractivity contribution < 1.29 is 33.9 Å². The van der Waals surface area contributed by atoms with Gasteiger partial charge >= 0.3 is 0 Å². The van der Waals surface area contributed by atoms with E-state index in [9.17, 15) is 10.2 Å². The van der Waals surface area contributed by atoms with E-state index in [1.807, 2.05) is 25.2 Å². The fourth-order valence-electron chi connectivity index (χ4n) is 3.85. The molecule has 1 saturated heterocycles. The topological polar surface area (TPSA) is 89.9 Å². The van der Waals surface area contributed by atoms with Crippen molar-refractivity contribution in [3.05, 3.63) is 23.8 Å². The Morgan fingerprint density at radius 1 is 1.00 bits per heavy atom. The van der Waals surface area contributed by atoms with Crippen molar-refractivity contribution >= 4 is 0 Å². The van der Waals surface area contributed by atoms with E-state index >= 15 is 0 Å². The van der Waals surface area contributed by atoms with Gasteiger partial charge in [0.05, 0.1) is 24.4 Å². The van der Waals surface area contributed by atoms with Crippen LogP contribution in [-0.4, -0.2) is 81.6 Å². The molecule has 176 valence electrons. The van der Waals surface area contributed by atoms with Crippen molar-refractivity contribution in [3.63, 3.8) is 0 Å². The summed E-state index contributed by atoms with van der Waals surface area (Å²) in [4.78, 5) is 0. The van der Waals surface area contributed by atoms with Gasteiger partial charge in [0, 0.05) is 40.8 Å². The lowest BCUT2D eigenvalue weighted by Gasteiger charge is -2.24. The summed E-state index contributed by atoms with van der Waals surface area (Å²) in [5.41, 5.74) is 1.13. The molecule has 2 N–H and O–H groups in total. The van der Waals surface area contributed by atoms with Gasteiger partial charge < -0.3 is 33.9 Å². The minimum absolute atomic E-state index is 0.0641. The summed E-state index contributed by atoms with van der Waals surface area (Å²) in [5.74, 6) is 0.268. The van der Waals surface area contributed by atoms with Gasteiger partial charge in [0.15, 0.2) is 6.29 Å². The summed E-state index contributed by atoms with van der Waals surface area (Å²) in [6.07, 6.45) is 6.70. The molecule has 0 spiro atoms. The van der Waals surface area contributed by atoms with Crippen LogP contribution in [0.1, 0.15) is 46.5 Å². The van der Waals surface area contributed by atoms with Crippen LogP contribution in [0.4, 0.5) is 0 Å². The van der Waals surface area contributed by atoms with Crippen LogP contribution in [0.15, 0.2) is 23.8 Å². The monoisotopic (exact) mass is 430 g/mol. The molecule has 0 aromatic carbocycles. The van der Waals surface area contributed by atoms with Crippen LogP contribution in [0.2, 0.25) is 0 Å². The Hall–Kier alpha value is -0.800. The molecule has 7 heteroatoms. The maximum absolute atomic E-state index is 10.4. The normalized spacial score (nSPS) is 25.7. The Balaban J connectivity index is 2.44. The van der Waals surface area contributed by atoms with Crippen molar-refractivity contribution in [1.82, 2.24) is 0 Å². The molecule has 0 aromatic heterocycles. The fourth-order valence-corrected chi connectivity index (χ4v) is 3.85. The molecular formula is C23H42O7. The molecule has 0 aliphatic carbocycles. The van der Waals surface area contributed by atoms with Crippen molar-refractivity contribution in [2.24, 2.45) is 5.92 Å².